The number of nitrogens with zero attached hydrogens (tertiary/aromatic N) is 2. The van der Waals surface area contributed by atoms with Crippen LogP contribution in [0.1, 0.15) is 0 Å². The van der Waals surface area contributed by atoms with Crippen LogP contribution in [0, 0.1) is 0 Å². The normalized spacial score (nSPS) is 11.4. The van der Waals surface area contributed by atoms with Crippen LogP contribution in [-0.2, 0) is 0 Å². The van der Waals surface area contributed by atoms with Crippen LogP contribution in [0.2, 0.25) is 0 Å². The lowest BCUT2D eigenvalue weighted by molar-refractivity contribution is 0.424. The molecule has 5 rings (SSSR count). The van der Waals surface area contributed by atoms with Gasteiger partial charge in [0.15, 0.2) is 5.75 Å². The van der Waals surface area contributed by atoms with Crippen molar-refractivity contribution in [3.8, 4) is 5.75 Å². The van der Waals surface area contributed by atoms with E-state index < -0.39 is 0 Å². The number of nitrogens with one attached hydrogen (secondary N) is 1. The van der Waals surface area contributed by atoms with Gasteiger partial charge in [-0.15, -0.1) is 22.7 Å². The van der Waals surface area contributed by atoms with E-state index in [1.54, 1.807) is 29.8 Å². The van der Waals surface area contributed by atoms with Gasteiger partial charge in [0.05, 0.1) is 22.8 Å². The van der Waals surface area contributed by atoms with Crippen LogP contribution in [-0.4, -0.2) is 17.1 Å². The third-order valence-corrected chi connectivity index (χ3v) is 5.91. The largest absolute Gasteiger partial charge is 0.494 e. The first kappa shape index (κ1) is 14.6. The van der Waals surface area contributed by atoms with Gasteiger partial charge in [0.25, 0.3) is 0 Å². The smallest absolute Gasteiger partial charge is 0.153 e. The van der Waals surface area contributed by atoms with Gasteiger partial charge in [-0.3, -0.25) is 4.98 Å². The number of thiophene rings is 1. The fraction of sp³-hybridized carbons (Fsp3) is 0.0526. The fourth-order valence-electron chi connectivity index (χ4n) is 3.09. The third kappa shape index (κ3) is 2.33. The molecule has 0 aliphatic heterocycles. The van der Waals surface area contributed by atoms with E-state index >= 15 is 0 Å². The number of hydrogen-bond acceptors (Lipinski definition) is 6. The minimum absolute atomic E-state index is 0.826. The van der Waals surface area contributed by atoms with E-state index in [4.69, 9.17) is 4.74 Å². The van der Waals surface area contributed by atoms with Crippen LogP contribution < -0.4 is 10.1 Å². The van der Waals surface area contributed by atoms with Gasteiger partial charge < -0.3 is 10.1 Å². The highest BCUT2D eigenvalue weighted by atomic mass is 32.1. The first-order chi connectivity index (χ1) is 12.3. The maximum atomic E-state index is 5.66. The lowest BCUT2D eigenvalue weighted by atomic mass is 10.1. The molecule has 0 bridgehead atoms. The maximum absolute atomic E-state index is 5.66. The van der Waals surface area contributed by atoms with Gasteiger partial charge in [0.2, 0.25) is 0 Å². The Kier molecular flexibility index (Phi) is 3.33. The molecule has 3 heterocycles. The monoisotopic (exact) mass is 363 g/mol. The van der Waals surface area contributed by atoms with Crippen molar-refractivity contribution in [3.05, 3.63) is 53.5 Å². The molecule has 3 aromatic heterocycles. The Balaban J connectivity index is 1.70. The molecule has 0 unspecified atom stereocenters. The predicted octanol–water partition coefficient (Wildman–Crippen LogP) is 5.81. The Bertz CT molecular complexity index is 1230. The fourth-order valence-corrected chi connectivity index (χ4v) is 4.57. The number of pyridine rings is 1. The minimum atomic E-state index is 0.826. The number of aromatic nitrogens is 2. The van der Waals surface area contributed by atoms with Crippen molar-refractivity contribution in [2.45, 2.75) is 0 Å². The van der Waals surface area contributed by atoms with Crippen LogP contribution in [0.5, 0.6) is 5.75 Å². The van der Waals surface area contributed by atoms with E-state index in [9.17, 15) is 0 Å². The topological polar surface area (TPSA) is 47.0 Å². The molecule has 4 nitrogen and oxygen atoms in total. The van der Waals surface area contributed by atoms with Crippen LogP contribution in [0.4, 0.5) is 11.4 Å². The van der Waals surface area contributed by atoms with Gasteiger partial charge in [0.1, 0.15) is 5.52 Å². The second-order valence-corrected chi connectivity index (χ2v) is 7.49. The van der Waals surface area contributed by atoms with Gasteiger partial charge in [-0.2, -0.15) is 0 Å². The summed E-state index contributed by atoms with van der Waals surface area (Å²) >= 11 is 3.35. The predicted molar refractivity (Wildman–Crippen MR) is 107 cm³/mol. The first-order valence-electron chi connectivity index (χ1n) is 7.77. The molecule has 0 radical (unpaired) electrons. The lowest BCUT2D eigenvalue weighted by Gasteiger charge is -2.12. The molecule has 6 heteroatoms. The van der Waals surface area contributed by atoms with E-state index in [-0.39, 0.29) is 0 Å². The molecule has 0 saturated carbocycles. The number of fused-ring (bicyclic) bond motifs is 3. The maximum Gasteiger partial charge on any atom is 0.153 e. The van der Waals surface area contributed by atoms with Crippen molar-refractivity contribution in [2.75, 3.05) is 12.4 Å². The van der Waals surface area contributed by atoms with E-state index in [2.05, 4.69) is 51.0 Å². The quantitative estimate of drug-likeness (QED) is 0.439. The Labute approximate surface area is 151 Å². The second-order valence-electron chi connectivity index (χ2n) is 5.66. The molecule has 0 saturated heterocycles. The molecule has 0 fully saturated rings. The highest BCUT2D eigenvalue weighted by Crippen LogP contribution is 2.39. The summed E-state index contributed by atoms with van der Waals surface area (Å²) in [6, 6.07) is 12.5. The van der Waals surface area contributed by atoms with Crippen molar-refractivity contribution in [3.63, 3.8) is 0 Å². The molecular formula is C19H13N3OS2. The van der Waals surface area contributed by atoms with Crippen LogP contribution in [0.25, 0.3) is 31.2 Å². The Morgan fingerprint density at radius 2 is 1.92 bits per heavy atom. The molecule has 0 spiro atoms. The highest BCUT2D eigenvalue weighted by Gasteiger charge is 2.13. The first-order valence-corrected chi connectivity index (χ1v) is 9.52. The zero-order valence-corrected chi connectivity index (χ0v) is 14.9. The summed E-state index contributed by atoms with van der Waals surface area (Å²) in [6.45, 7) is 0. The van der Waals surface area contributed by atoms with Crippen LogP contribution in [0.15, 0.2) is 53.5 Å². The Hall–Kier alpha value is -2.70. The van der Waals surface area contributed by atoms with Gasteiger partial charge in [-0.25, -0.2) is 4.98 Å². The van der Waals surface area contributed by atoms with Crippen molar-refractivity contribution < 1.29 is 4.74 Å². The summed E-state index contributed by atoms with van der Waals surface area (Å²) in [7, 11) is 1.70. The molecule has 0 aliphatic carbocycles. The SMILES string of the molecule is COc1c2ccsc2cc2c(Nc3ccc4scnc4c3)ccnc12. The number of ether oxygens (including phenoxy) is 1. The van der Waals surface area contributed by atoms with E-state index in [0.29, 0.717) is 0 Å². The zero-order chi connectivity index (χ0) is 16.8. The number of rotatable bonds is 3. The van der Waals surface area contributed by atoms with E-state index in [1.807, 2.05) is 17.8 Å². The van der Waals surface area contributed by atoms with Crippen molar-refractivity contribution in [1.82, 2.24) is 9.97 Å². The second kappa shape index (κ2) is 5.68. The number of methoxy groups -OCH3 is 1. The molecule has 5 aromatic rings. The van der Waals surface area contributed by atoms with Gasteiger partial charge in [-0.05, 0) is 41.8 Å². The molecule has 122 valence electrons. The van der Waals surface area contributed by atoms with Crippen molar-refractivity contribution in [2.24, 2.45) is 0 Å². The number of anilines is 2. The molecule has 0 amide bonds. The van der Waals surface area contributed by atoms with Crippen molar-refractivity contribution in [1.29, 1.82) is 0 Å². The molecule has 0 aliphatic rings. The Morgan fingerprint density at radius 3 is 2.84 bits per heavy atom. The molecule has 25 heavy (non-hydrogen) atoms. The highest BCUT2D eigenvalue weighted by molar-refractivity contribution is 7.17. The number of thiazole rings is 1. The molecule has 1 N–H and O–H groups in total. The number of benzene rings is 2. The molecule has 0 atom stereocenters. The summed E-state index contributed by atoms with van der Waals surface area (Å²) in [5, 5.41) is 7.74. The van der Waals surface area contributed by atoms with Crippen molar-refractivity contribution >= 4 is 65.3 Å². The Morgan fingerprint density at radius 1 is 0.960 bits per heavy atom. The average Bonchev–Trinajstić information content (AvgIpc) is 3.28. The van der Waals surface area contributed by atoms with Gasteiger partial charge in [-0.1, -0.05) is 0 Å². The number of hydrogen-bond donors (Lipinski definition) is 1. The summed E-state index contributed by atoms with van der Waals surface area (Å²) in [5.41, 5.74) is 5.76. The molecular weight excluding hydrogens is 350 g/mol. The van der Waals surface area contributed by atoms with E-state index in [1.165, 1.54) is 9.40 Å². The lowest BCUT2D eigenvalue weighted by Crippen LogP contribution is -1.94. The average molecular weight is 363 g/mol. The van der Waals surface area contributed by atoms with Crippen LogP contribution >= 0.6 is 22.7 Å². The van der Waals surface area contributed by atoms with Gasteiger partial charge >= 0.3 is 0 Å². The summed E-state index contributed by atoms with van der Waals surface area (Å²) < 4.78 is 8.04. The minimum Gasteiger partial charge on any atom is -0.494 e. The third-order valence-electron chi connectivity index (χ3n) is 4.23. The van der Waals surface area contributed by atoms with Crippen LogP contribution in [0.3, 0.4) is 0 Å². The zero-order valence-electron chi connectivity index (χ0n) is 13.3. The molecule has 2 aromatic carbocycles. The van der Waals surface area contributed by atoms with E-state index in [0.717, 1.165) is 38.9 Å². The van der Waals surface area contributed by atoms with Gasteiger partial charge in [0, 0.05) is 33.0 Å². The summed E-state index contributed by atoms with van der Waals surface area (Å²) in [4.78, 5) is 8.95. The standard InChI is InChI=1S/C19H13N3OS2/c1-23-19-12-5-7-24-17(12)9-13-14(4-6-20-18(13)19)22-11-2-3-16-15(8-11)21-10-25-16/h2-10H,1H3,(H,20,22). The summed E-state index contributed by atoms with van der Waals surface area (Å²) in [6.07, 6.45) is 1.81. The summed E-state index contributed by atoms with van der Waals surface area (Å²) in [5.74, 6) is 0.826.